The largest absolute Gasteiger partial charge is 0.365 e. The Bertz CT molecular complexity index is 325. The average Bonchev–Trinajstić information content (AvgIpc) is 2.50. The fraction of sp³-hybridized carbons (Fsp3) is 0.222. The van der Waals surface area contributed by atoms with Crippen molar-refractivity contribution < 1.29 is 14.6 Å². The van der Waals surface area contributed by atoms with Crippen LogP contribution in [0.1, 0.15) is 5.56 Å². The molecule has 1 atom stereocenters. The second-order valence-electron chi connectivity index (χ2n) is 2.80. The summed E-state index contributed by atoms with van der Waals surface area (Å²) in [6.45, 7) is 0.274. The van der Waals surface area contributed by atoms with Gasteiger partial charge in [-0.15, -0.1) is 0 Å². The first kappa shape index (κ1) is 8.96. The maximum atomic E-state index is 11.3. The number of hydrogen-bond donors (Lipinski definition) is 0. The molecule has 4 heteroatoms. The molecule has 0 bridgehead atoms. The lowest BCUT2D eigenvalue weighted by Crippen LogP contribution is -2.26. The Hall–Kier alpha value is -0.620. The normalized spacial score (nSPS) is 27.3. The van der Waals surface area contributed by atoms with Crippen molar-refractivity contribution in [3.63, 3.8) is 0 Å². The summed E-state index contributed by atoms with van der Waals surface area (Å²) in [6, 6.07) is 9.47. The Morgan fingerprint density at radius 2 is 2.00 bits per heavy atom. The average molecular weight is 290 g/mol. The van der Waals surface area contributed by atoms with Crippen molar-refractivity contribution in [1.82, 2.24) is 0 Å². The van der Waals surface area contributed by atoms with E-state index in [0.29, 0.717) is 0 Å². The lowest BCUT2D eigenvalue weighted by Gasteiger charge is -2.13. The molecule has 1 aliphatic heterocycles. The standard InChI is InChI=1S/C9H7IO3/c10-9(6-12-13-8(9)11)7-4-2-1-3-5-7/h1-5H,6H2. The minimum Gasteiger partial charge on any atom is -0.296 e. The minimum atomic E-state index is -0.668. The lowest BCUT2D eigenvalue weighted by atomic mass is 10.0. The van der Waals surface area contributed by atoms with Crippen LogP contribution in [0.3, 0.4) is 0 Å². The number of benzene rings is 1. The van der Waals surface area contributed by atoms with E-state index in [-0.39, 0.29) is 12.6 Å². The number of hydrogen-bond acceptors (Lipinski definition) is 3. The number of halogens is 1. The van der Waals surface area contributed by atoms with Crippen LogP contribution in [0.2, 0.25) is 0 Å². The second-order valence-corrected chi connectivity index (χ2v) is 4.64. The topological polar surface area (TPSA) is 35.5 Å². The van der Waals surface area contributed by atoms with E-state index in [0.717, 1.165) is 5.56 Å². The van der Waals surface area contributed by atoms with Gasteiger partial charge in [0.1, 0.15) is 6.61 Å². The van der Waals surface area contributed by atoms with Gasteiger partial charge >= 0.3 is 5.97 Å². The molecule has 0 saturated carbocycles. The van der Waals surface area contributed by atoms with Gasteiger partial charge in [-0.3, -0.25) is 4.89 Å². The molecular weight excluding hydrogens is 283 g/mol. The molecule has 1 aliphatic rings. The van der Waals surface area contributed by atoms with Gasteiger partial charge < -0.3 is 0 Å². The maximum Gasteiger partial charge on any atom is 0.365 e. The Kier molecular flexibility index (Phi) is 2.25. The Morgan fingerprint density at radius 3 is 2.54 bits per heavy atom. The fourth-order valence-corrected chi connectivity index (χ4v) is 1.77. The zero-order valence-corrected chi connectivity index (χ0v) is 8.85. The number of carbonyl (C=O) groups excluding carboxylic acids is 1. The highest BCUT2D eigenvalue weighted by Gasteiger charge is 2.45. The summed E-state index contributed by atoms with van der Waals surface area (Å²) in [6.07, 6.45) is 0. The Labute approximate surface area is 89.1 Å². The van der Waals surface area contributed by atoms with Crippen LogP contribution >= 0.6 is 22.6 Å². The molecule has 1 aromatic rings. The van der Waals surface area contributed by atoms with Crippen LogP contribution in [0.4, 0.5) is 0 Å². The van der Waals surface area contributed by atoms with Gasteiger partial charge in [0.25, 0.3) is 0 Å². The molecule has 1 unspecified atom stereocenters. The summed E-state index contributed by atoms with van der Waals surface area (Å²) in [4.78, 5) is 20.5. The monoisotopic (exact) mass is 290 g/mol. The first-order valence-electron chi connectivity index (χ1n) is 3.82. The number of rotatable bonds is 1. The number of carbonyl (C=O) groups is 1. The summed E-state index contributed by atoms with van der Waals surface area (Å²) in [5.74, 6) is -0.334. The van der Waals surface area contributed by atoms with E-state index in [1.54, 1.807) is 0 Å². The van der Waals surface area contributed by atoms with Crippen molar-refractivity contribution in [1.29, 1.82) is 0 Å². The third-order valence-corrected chi connectivity index (χ3v) is 3.32. The van der Waals surface area contributed by atoms with E-state index >= 15 is 0 Å². The van der Waals surface area contributed by atoms with Crippen LogP contribution in [0.5, 0.6) is 0 Å². The van der Waals surface area contributed by atoms with Crippen molar-refractivity contribution in [3.8, 4) is 0 Å². The predicted molar refractivity (Wildman–Crippen MR) is 54.2 cm³/mol. The van der Waals surface area contributed by atoms with Crippen LogP contribution in [0, 0.1) is 0 Å². The molecule has 0 amide bonds. The minimum absolute atomic E-state index is 0.274. The third kappa shape index (κ3) is 1.44. The van der Waals surface area contributed by atoms with Crippen LogP contribution < -0.4 is 0 Å². The second kappa shape index (κ2) is 3.26. The van der Waals surface area contributed by atoms with Gasteiger partial charge in [0.15, 0.2) is 3.42 Å². The highest BCUT2D eigenvalue weighted by molar-refractivity contribution is 14.1. The van der Waals surface area contributed by atoms with Gasteiger partial charge in [-0.25, -0.2) is 4.79 Å². The van der Waals surface area contributed by atoms with Crippen LogP contribution in [-0.2, 0) is 18.0 Å². The van der Waals surface area contributed by atoms with Crippen molar-refractivity contribution in [2.24, 2.45) is 0 Å². The highest BCUT2D eigenvalue weighted by atomic mass is 127. The van der Waals surface area contributed by atoms with E-state index in [2.05, 4.69) is 32.4 Å². The quantitative estimate of drug-likeness (QED) is 0.449. The summed E-state index contributed by atoms with van der Waals surface area (Å²) < 4.78 is -0.668. The summed E-state index contributed by atoms with van der Waals surface area (Å²) in [5.41, 5.74) is 0.915. The van der Waals surface area contributed by atoms with Crippen molar-refractivity contribution in [2.75, 3.05) is 6.61 Å². The zero-order valence-electron chi connectivity index (χ0n) is 6.70. The van der Waals surface area contributed by atoms with Crippen molar-refractivity contribution in [3.05, 3.63) is 35.9 Å². The molecule has 3 nitrogen and oxygen atoms in total. The molecule has 0 aromatic heterocycles. The molecule has 1 aromatic carbocycles. The number of alkyl halides is 1. The van der Waals surface area contributed by atoms with Gasteiger partial charge in [0.05, 0.1) is 0 Å². The molecule has 0 N–H and O–H groups in total. The molecule has 1 saturated heterocycles. The fourth-order valence-electron chi connectivity index (χ4n) is 1.19. The highest BCUT2D eigenvalue weighted by Crippen LogP contribution is 2.37. The first-order chi connectivity index (χ1) is 6.23. The molecule has 68 valence electrons. The van der Waals surface area contributed by atoms with Crippen molar-refractivity contribution in [2.45, 2.75) is 3.42 Å². The van der Waals surface area contributed by atoms with E-state index in [1.807, 2.05) is 30.3 Å². The summed E-state index contributed by atoms with van der Waals surface area (Å²) >= 11 is 2.06. The molecule has 1 heterocycles. The molecule has 13 heavy (non-hydrogen) atoms. The summed E-state index contributed by atoms with van der Waals surface area (Å²) in [5, 5.41) is 0. The molecule has 1 fully saturated rings. The van der Waals surface area contributed by atoms with Crippen LogP contribution in [0.15, 0.2) is 30.3 Å². The van der Waals surface area contributed by atoms with E-state index in [1.165, 1.54) is 0 Å². The van der Waals surface area contributed by atoms with Crippen LogP contribution in [-0.4, -0.2) is 12.6 Å². The van der Waals surface area contributed by atoms with E-state index in [9.17, 15) is 4.79 Å². The molecule has 0 radical (unpaired) electrons. The Morgan fingerprint density at radius 1 is 1.31 bits per heavy atom. The maximum absolute atomic E-state index is 11.3. The van der Waals surface area contributed by atoms with E-state index in [4.69, 9.17) is 0 Å². The van der Waals surface area contributed by atoms with Gasteiger partial charge in [-0.05, 0) is 5.56 Å². The molecule has 0 aliphatic carbocycles. The molecular formula is C9H7IO3. The summed E-state index contributed by atoms with van der Waals surface area (Å²) in [7, 11) is 0. The smallest absolute Gasteiger partial charge is 0.296 e. The predicted octanol–water partition coefficient (Wildman–Crippen LogP) is 1.81. The first-order valence-corrected chi connectivity index (χ1v) is 4.90. The van der Waals surface area contributed by atoms with Gasteiger partial charge in [-0.2, -0.15) is 4.89 Å². The molecule has 2 rings (SSSR count). The van der Waals surface area contributed by atoms with Crippen molar-refractivity contribution >= 4 is 28.6 Å². The van der Waals surface area contributed by atoms with Gasteiger partial charge in [0.2, 0.25) is 0 Å². The van der Waals surface area contributed by atoms with E-state index < -0.39 is 3.42 Å². The lowest BCUT2D eigenvalue weighted by molar-refractivity contribution is -0.240. The zero-order chi connectivity index (χ0) is 9.31. The Balaban J connectivity index is 2.40. The molecule has 0 spiro atoms. The van der Waals surface area contributed by atoms with Gasteiger partial charge in [0, 0.05) is 0 Å². The van der Waals surface area contributed by atoms with Crippen LogP contribution in [0.25, 0.3) is 0 Å². The SMILES string of the molecule is O=C1OOCC1(I)c1ccccc1. The van der Waals surface area contributed by atoms with Gasteiger partial charge in [-0.1, -0.05) is 52.9 Å². The third-order valence-electron chi connectivity index (χ3n) is 1.95.